The number of nitrogens with zero attached hydrogens (tertiary/aromatic N) is 1. The van der Waals surface area contributed by atoms with E-state index in [1.54, 1.807) is 18.9 Å². The molecule has 1 radical (unpaired) electrons. The van der Waals surface area contributed by atoms with Crippen LogP contribution in [0.1, 0.15) is 26.2 Å². The Labute approximate surface area is 121 Å². The highest BCUT2D eigenvalue weighted by atomic mass is 16.5. The number of rotatable bonds is 11. The molecule has 0 aliphatic rings. The lowest BCUT2D eigenvalue weighted by Gasteiger charge is -2.38. The lowest BCUT2D eigenvalue weighted by atomic mass is 9.88. The average molecular weight is 288 g/mol. The molecule has 0 bridgehead atoms. The summed E-state index contributed by atoms with van der Waals surface area (Å²) in [4.78, 5) is 13.2. The zero-order chi connectivity index (χ0) is 15.8. The fourth-order valence-electron chi connectivity index (χ4n) is 1.68. The Morgan fingerprint density at radius 1 is 1.45 bits per heavy atom. The van der Waals surface area contributed by atoms with Gasteiger partial charge in [0.05, 0.1) is 0 Å². The molecule has 5 N–H and O–H groups in total. The number of hydrogen-bond acceptors (Lipinski definition) is 6. The summed E-state index contributed by atoms with van der Waals surface area (Å²) in [6.07, 6.45) is 2.21. The first kappa shape index (κ1) is 19.3. The van der Waals surface area contributed by atoms with Gasteiger partial charge >= 0.3 is 5.97 Å². The third kappa shape index (κ3) is 5.76. The van der Waals surface area contributed by atoms with Crippen molar-refractivity contribution in [3.8, 4) is 0 Å². The number of methoxy groups -OCH3 is 1. The number of nitrogens with one attached hydrogen (secondary N) is 1. The minimum atomic E-state index is -1.36. The van der Waals surface area contributed by atoms with E-state index in [4.69, 9.17) is 15.5 Å². The maximum Gasteiger partial charge on any atom is 0.325 e. The quantitative estimate of drug-likeness (QED) is 0.229. The topological polar surface area (TPSA) is 108 Å². The Morgan fingerprint density at radius 3 is 2.45 bits per heavy atom. The van der Waals surface area contributed by atoms with E-state index in [-0.39, 0.29) is 6.54 Å². The van der Waals surface area contributed by atoms with E-state index < -0.39 is 17.4 Å². The van der Waals surface area contributed by atoms with Crippen LogP contribution in [0, 0.1) is 0 Å². The van der Waals surface area contributed by atoms with E-state index >= 15 is 0 Å². The van der Waals surface area contributed by atoms with Crippen molar-refractivity contribution in [2.45, 2.75) is 43.9 Å². The molecule has 117 valence electrons. The second-order valence-corrected chi connectivity index (χ2v) is 5.32. The zero-order valence-electron chi connectivity index (χ0n) is 12.8. The molecule has 2 atom stereocenters. The van der Waals surface area contributed by atoms with E-state index in [1.165, 1.54) is 0 Å². The average Bonchev–Trinajstić information content (AvgIpc) is 2.40. The van der Waals surface area contributed by atoms with Crippen LogP contribution in [0.2, 0.25) is 6.32 Å². The third-order valence-corrected chi connectivity index (χ3v) is 3.61. The molecular weight excluding hydrogens is 261 g/mol. The summed E-state index contributed by atoms with van der Waals surface area (Å²) in [5, 5.41) is 21.0. The maximum absolute atomic E-state index is 11.4. The van der Waals surface area contributed by atoms with Gasteiger partial charge < -0.3 is 20.6 Å². The number of ether oxygens (including phenoxy) is 1. The Kier molecular flexibility index (Phi) is 8.30. The van der Waals surface area contributed by atoms with Crippen molar-refractivity contribution in [2.75, 3.05) is 27.7 Å². The molecular formula is C12H27BN3O4. The van der Waals surface area contributed by atoms with Crippen molar-refractivity contribution >= 4 is 13.5 Å². The van der Waals surface area contributed by atoms with E-state index in [9.17, 15) is 9.90 Å². The summed E-state index contributed by atoms with van der Waals surface area (Å²) in [6, 6.07) is 0. The van der Waals surface area contributed by atoms with Gasteiger partial charge in [0, 0.05) is 13.7 Å². The van der Waals surface area contributed by atoms with Crippen LogP contribution in [-0.4, -0.2) is 67.6 Å². The first-order valence-corrected chi connectivity index (χ1v) is 6.67. The van der Waals surface area contributed by atoms with Crippen molar-refractivity contribution in [3.63, 3.8) is 0 Å². The summed E-state index contributed by atoms with van der Waals surface area (Å²) in [6.45, 7) is 1.89. The molecule has 0 aromatic heterocycles. The van der Waals surface area contributed by atoms with Crippen molar-refractivity contribution < 1.29 is 19.7 Å². The lowest BCUT2D eigenvalue weighted by Crippen LogP contribution is -2.63. The first-order chi connectivity index (χ1) is 9.22. The summed E-state index contributed by atoms with van der Waals surface area (Å²) in [5.41, 5.74) is 4.62. The minimum absolute atomic E-state index is 0.0910. The Hall–Kier alpha value is -0.665. The minimum Gasteiger partial charge on any atom is -0.480 e. The summed E-state index contributed by atoms with van der Waals surface area (Å²) in [5.74, 6) is -1.82. The highest BCUT2D eigenvalue weighted by Gasteiger charge is 2.37. The molecule has 0 saturated heterocycles. The van der Waals surface area contributed by atoms with Crippen LogP contribution >= 0.6 is 0 Å². The van der Waals surface area contributed by atoms with E-state index in [0.717, 1.165) is 7.48 Å². The monoisotopic (exact) mass is 288 g/mol. The van der Waals surface area contributed by atoms with Gasteiger partial charge in [0.25, 0.3) is 7.48 Å². The molecule has 20 heavy (non-hydrogen) atoms. The van der Waals surface area contributed by atoms with Gasteiger partial charge in [0.2, 0.25) is 0 Å². The molecule has 0 rings (SSSR count). The van der Waals surface area contributed by atoms with Gasteiger partial charge in [-0.3, -0.25) is 15.0 Å². The SMILES string of the molecule is COC(C)(NCC(N)(CCCC[B]O)C(=O)O)N(C)C. The van der Waals surface area contributed by atoms with Crippen molar-refractivity contribution in [1.82, 2.24) is 10.2 Å². The molecule has 7 nitrogen and oxygen atoms in total. The molecule has 0 spiro atoms. The highest BCUT2D eigenvalue weighted by molar-refractivity contribution is 6.25. The van der Waals surface area contributed by atoms with Gasteiger partial charge in [-0.1, -0.05) is 19.2 Å². The lowest BCUT2D eigenvalue weighted by molar-refractivity contribution is -0.148. The van der Waals surface area contributed by atoms with Crippen LogP contribution in [0.25, 0.3) is 0 Å². The number of hydrogen-bond donors (Lipinski definition) is 4. The smallest absolute Gasteiger partial charge is 0.325 e. The van der Waals surface area contributed by atoms with Gasteiger partial charge in [-0.2, -0.15) is 0 Å². The normalized spacial score (nSPS) is 17.6. The molecule has 0 saturated carbocycles. The summed E-state index contributed by atoms with van der Waals surface area (Å²) >= 11 is 0. The number of carboxylic acid groups (broad SMARTS) is 1. The van der Waals surface area contributed by atoms with E-state index in [1.807, 2.05) is 14.1 Å². The molecule has 0 aromatic rings. The number of unbranched alkanes of at least 4 members (excludes halogenated alkanes) is 1. The van der Waals surface area contributed by atoms with Crippen molar-refractivity contribution in [3.05, 3.63) is 0 Å². The number of carboxylic acids is 1. The zero-order valence-corrected chi connectivity index (χ0v) is 12.8. The number of carbonyl (C=O) groups is 1. The first-order valence-electron chi connectivity index (χ1n) is 6.67. The Morgan fingerprint density at radius 2 is 2.05 bits per heavy atom. The largest absolute Gasteiger partial charge is 0.480 e. The van der Waals surface area contributed by atoms with Crippen LogP contribution in [0.3, 0.4) is 0 Å². The summed E-state index contributed by atoms with van der Waals surface area (Å²) < 4.78 is 5.35. The van der Waals surface area contributed by atoms with Crippen molar-refractivity contribution in [1.29, 1.82) is 0 Å². The molecule has 0 heterocycles. The number of aliphatic carboxylic acids is 1. The van der Waals surface area contributed by atoms with Crippen molar-refractivity contribution in [2.24, 2.45) is 5.73 Å². The maximum atomic E-state index is 11.4. The van der Waals surface area contributed by atoms with Gasteiger partial charge in [0.1, 0.15) is 5.54 Å². The number of nitrogens with two attached hydrogens (primary N) is 1. The molecule has 0 aromatic carbocycles. The van der Waals surface area contributed by atoms with Crippen LogP contribution in [-0.2, 0) is 9.53 Å². The molecule has 0 aliphatic heterocycles. The second kappa shape index (κ2) is 8.58. The van der Waals surface area contributed by atoms with E-state index in [2.05, 4.69) is 5.32 Å². The van der Waals surface area contributed by atoms with Gasteiger partial charge in [-0.05, 0) is 27.4 Å². The molecule has 8 heteroatoms. The van der Waals surface area contributed by atoms with Crippen LogP contribution in [0.4, 0.5) is 0 Å². The van der Waals surface area contributed by atoms with E-state index in [0.29, 0.717) is 25.6 Å². The predicted molar refractivity (Wildman–Crippen MR) is 78.3 cm³/mol. The molecule has 0 aliphatic carbocycles. The van der Waals surface area contributed by atoms with Gasteiger partial charge in [0.15, 0.2) is 5.85 Å². The van der Waals surface area contributed by atoms with Gasteiger partial charge in [-0.25, -0.2) is 0 Å². The molecule has 2 unspecified atom stereocenters. The molecule has 0 fully saturated rings. The summed E-state index contributed by atoms with van der Waals surface area (Å²) in [7, 11) is 6.27. The van der Waals surface area contributed by atoms with Crippen LogP contribution in [0.15, 0.2) is 0 Å². The van der Waals surface area contributed by atoms with Crippen LogP contribution in [0.5, 0.6) is 0 Å². The third-order valence-electron chi connectivity index (χ3n) is 3.61. The standard InChI is InChI=1S/C12H27BN3O4/c1-11(20-4,16(2)3)15-9-12(14,10(17)18)7-5-6-8-13-19/h15,19H,5-9,14H2,1-4H3,(H,17,18). The Bertz CT molecular complexity index is 306. The fraction of sp³-hybridized carbons (Fsp3) is 0.917. The van der Waals surface area contributed by atoms with Crippen LogP contribution < -0.4 is 11.1 Å². The Balaban J connectivity index is 4.56. The predicted octanol–water partition coefficient (Wildman–Crippen LogP) is -0.560. The second-order valence-electron chi connectivity index (χ2n) is 5.32. The fourth-order valence-corrected chi connectivity index (χ4v) is 1.68. The van der Waals surface area contributed by atoms with Gasteiger partial charge in [-0.15, -0.1) is 0 Å². The highest BCUT2D eigenvalue weighted by Crippen LogP contribution is 2.15. The molecule has 0 amide bonds.